The van der Waals surface area contributed by atoms with Gasteiger partial charge in [0.1, 0.15) is 6.61 Å². The minimum atomic E-state index is -0.555. The third kappa shape index (κ3) is 6.77. The van der Waals surface area contributed by atoms with Gasteiger partial charge in [-0.25, -0.2) is 14.6 Å². The van der Waals surface area contributed by atoms with Crippen LogP contribution in [0.25, 0.3) is 0 Å². The third-order valence-electron chi connectivity index (χ3n) is 0.711. The first-order valence-corrected chi connectivity index (χ1v) is 3.22. The largest absolute Gasteiger partial charge is 0.461 e. The van der Waals surface area contributed by atoms with Gasteiger partial charge in [0.05, 0.1) is 6.54 Å². The molecule has 0 aliphatic carbocycles. The van der Waals surface area contributed by atoms with Gasteiger partial charge in [0.2, 0.25) is 6.08 Å². The second-order valence-electron chi connectivity index (χ2n) is 1.43. The zero-order valence-corrected chi connectivity index (χ0v) is 6.37. The molecule has 0 radical (unpaired) electrons. The van der Waals surface area contributed by atoms with Crippen molar-refractivity contribution in [2.45, 2.75) is 0 Å². The van der Waals surface area contributed by atoms with Gasteiger partial charge in [-0.1, -0.05) is 11.6 Å². The number of carbonyl (C=O) groups excluding carboxylic acids is 2. The van der Waals surface area contributed by atoms with Crippen LogP contribution in [0.15, 0.2) is 16.6 Å². The Bertz CT molecular complexity index is 196. The lowest BCUT2D eigenvalue weighted by atomic mass is 10.6. The molecule has 4 nitrogen and oxygen atoms in total. The topological polar surface area (TPSA) is 55.7 Å². The molecule has 0 heterocycles. The van der Waals surface area contributed by atoms with Gasteiger partial charge in [-0.3, -0.25) is 0 Å². The van der Waals surface area contributed by atoms with Gasteiger partial charge < -0.3 is 4.74 Å². The second-order valence-corrected chi connectivity index (χ2v) is 1.69. The van der Waals surface area contributed by atoms with Crippen LogP contribution in [-0.2, 0) is 14.3 Å². The number of halogens is 1. The Balaban J connectivity index is 3.38. The molecule has 0 saturated heterocycles. The molecule has 0 aromatic rings. The molecule has 0 aromatic carbocycles. The average molecular weight is 176 g/mol. The molecular weight excluding hydrogens is 170 g/mol. The summed E-state index contributed by atoms with van der Waals surface area (Å²) < 4.78 is 4.50. The van der Waals surface area contributed by atoms with Gasteiger partial charge in [-0.15, -0.1) is 0 Å². The summed E-state index contributed by atoms with van der Waals surface area (Å²) in [6.45, 7) is 0.195. The minimum Gasteiger partial charge on any atom is -0.461 e. The molecule has 0 atom stereocenters. The molecule has 5 heteroatoms. The number of aliphatic imine (C=N–C) groups is 1. The number of carbonyl (C=O) groups is 1. The summed E-state index contributed by atoms with van der Waals surface area (Å²) in [4.78, 5) is 23.1. The Morgan fingerprint density at radius 3 is 3.00 bits per heavy atom. The highest BCUT2D eigenvalue weighted by Crippen LogP contribution is 1.84. The molecule has 0 rings (SSSR count). The summed E-state index contributed by atoms with van der Waals surface area (Å²) in [5.41, 5.74) is 1.05. The first kappa shape index (κ1) is 9.88. The van der Waals surface area contributed by atoms with E-state index in [2.05, 4.69) is 9.73 Å². The van der Waals surface area contributed by atoms with Gasteiger partial charge in [0, 0.05) is 11.6 Å². The molecule has 0 bridgehead atoms. The van der Waals surface area contributed by atoms with Crippen molar-refractivity contribution in [3.8, 4) is 0 Å². The predicted molar refractivity (Wildman–Crippen MR) is 38.9 cm³/mol. The molecule has 0 spiro atoms. The summed E-state index contributed by atoms with van der Waals surface area (Å²) >= 11 is 5.07. The van der Waals surface area contributed by atoms with Crippen LogP contribution in [0.1, 0.15) is 0 Å². The van der Waals surface area contributed by atoms with Crippen LogP contribution < -0.4 is 0 Å². The summed E-state index contributed by atoms with van der Waals surface area (Å²) in [5, 5.41) is 0. The van der Waals surface area contributed by atoms with Crippen LogP contribution in [0.2, 0.25) is 0 Å². The van der Waals surface area contributed by atoms with Gasteiger partial charge >= 0.3 is 5.97 Å². The maximum absolute atomic E-state index is 10.5. The summed E-state index contributed by atoms with van der Waals surface area (Å²) in [6.07, 6.45) is 2.37. The van der Waals surface area contributed by atoms with E-state index in [-0.39, 0.29) is 13.2 Å². The summed E-state index contributed by atoms with van der Waals surface area (Å²) in [6, 6.07) is 0. The number of ether oxygens (including phenoxy) is 1. The molecule has 0 aromatic heterocycles. The zero-order chi connectivity index (χ0) is 8.53. The molecule has 0 amide bonds. The lowest BCUT2D eigenvalue weighted by Gasteiger charge is -1.95. The lowest BCUT2D eigenvalue weighted by Crippen LogP contribution is -2.04. The number of hydrogen-bond acceptors (Lipinski definition) is 4. The lowest BCUT2D eigenvalue weighted by molar-refractivity contribution is -0.137. The van der Waals surface area contributed by atoms with Crippen LogP contribution >= 0.6 is 11.6 Å². The van der Waals surface area contributed by atoms with Crippen molar-refractivity contribution in [3.05, 3.63) is 11.6 Å². The number of hydrogen-bond donors (Lipinski definition) is 0. The van der Waals surface area contributed by atoms with Gasteiger partial charge in [-0.05, 0) is 0 Å². The van der Waals surface area contributed by atoms with Crippen LogP contribution in [0, 0.1) is 0 Å². The van der Waals surface area contributed by atoms with Gasteiger partial charge in [0.15, 0.2) is 0 Å². The van der Waals surface area contributed by atoms with Crippen LogP contribution in [0.4, 0.5) is 0 Å². The van der Waals surface area contributed by atoms with Crippen molar-refractivity contribution in [2.75, 3.05) is 13.2 Å². The highest BCUT2D eigenvalue weighted by atomic mass is 35.5. The second kappa shape index (κ2) is 6.99. The molecule has 0 aliphatic rings. The van der Waals surface area contributed by atoms with Crippen molar-refractivity contribution in [1.29, 1.82) is 0 Å². The first-order valence-electron chi connectivity index (χ1n) is 2.78. The highest BCUT2D eigenvalue weighted by molar-refractivity contribution is 6.26. The molecule has 0 unspecified atom stereocenters. The van der Waals surface area contributed by atoms with Crippen molar-refractivity contribution in [1.82, 2.24) is 0 Å². The van der Waals surface area contributed by atoms with E-state index >= 15 is 0 Å². The third-order valence-corrected chi connectivity index (χ3v) is 0.837. The zero-order valence-electron chi connectivity index (χ0n) is 5.62. The average Bonchev–Trinajstić information content (AvgIpc) is 1.99. The fourth-order valence-electron chi connectivity index (χ4n) is 0.337. The molecule has 0 N–H and O–H groups in total. The molecule has 11 heavy (non-hydrogen) atoms. The van der Waals surface area contributed by atoms with Crippen molar-refractivity contribution < 1.29 is 14.3 Å². The van der Waals surface area contributed by atoms with E-state index in [4.69, 9.17) is 11.6 Å². The van der Waals surface area contributed by atoms with E-state index < -0.39 is 5.97 Å². The smallest absolute Gasteiger partial charge is 0.331 e. The molecule has 0 aliphatic heterocycles. The van der Waals surface area contributed by atoms with Crippen LogP contribution in [-0.4, -0.2) is 25.2 Å². The standard InChI is InChI=1S/C6H6ClNO3/c7-2-1-6(10)11-4-3-8-5-9/h1-2H,3-4H2. The van der Waals surface area contributed by atoms with E-state index in [1.165, 1.54) is 6.08 Å². The molecule has 0 saturated carbocycles. The Hall–Kier alpha value is -1.12. The van der Waals surface area contributed by atoms with E-state index in [0.717, 1.165) is 11.6 Å². The van der Waals surface area contributed by atoms with Crippen molar-refractivity contribution in [3.63, 3.8) is 0 Å². The van der Waals surface area contributed by atoms with Gasteiger partial charge in [0.25, 0.3) is 0 Å². The monoisotopic (exact) mass is 175 g/mol. The summed E-state index contributed by atoms with van der Waals surface area (Å²) in [7, 11) is 0. The maximum Gasteiger partial charge on any atom is 0.331 e. The Labute approximate surface area is 68.5 Å². The highest BCUT2D eigenvalue weighted by Gasteiger charge is 1.93. The molecule has 60 valence electrons. The molecular formula is C6H6ClNO3. The number of isocyanates is 1. The van der Waals surface area contributed by atoms with Crippen LogP contribution in [0.3, 0.4) is 0 Å². The van der Waals surface area contributed by atoms with E-state index in [0.29, 0.717) is 0 Å². The minimum absolute atomic E-state index is 0.0648. The molecule has 0 fully saturated rings. The Kier molecular flexibility index (Phi) is 6.28. The van der Waals surface area contributed by atoms with E-state index in [9.17, 15) is 9.59 Å². The first-order chi connectivity index (χ1) is 5.31. The van der Waals surface area contributed by atoms with Crippen molar-refractivity contribution in [2.24, 2.45) is 4.99 Å². The Morgan fingerprint density at radius 1 is 1.73 bits per heavy atom. The number of nitrogens with zero attached hydrogens (tertiary/aromatic N) is 1. The Morgan fingerprint density at radius 2 is 2.45 bits per heavy atom. The quantitative estimate of drug-likeness (QED) is 0.207. The fraction of sp³-hybridized carbons (Fsp3) is 0.333. The predicted octanol–water partition coefficient (Wildman–Crippen LogP) is 0.618. The fourth-order valence-corrected chi connectivity index (χ4v) is 0.440. The van der Waals surface area contributed by atoms with Crippen molar-refractivity contribution >= 4 is 23.7 Å². The SMILES string of the molecule is O=C=NCCOC(=O)C=CCl. The maximum atomic E-state index is 10.5. The van der Waals surface area contributed by atoms with Gasteiger partial charge in [-0.2, -0.15) is 0 Å². The van der Waals surface area contributed by atoms with E-state index in [1.54, 1.807) is 0 Å². The number of rotatable bonds is 4. The van der Waals surface area contributed by atoms with Crippen LogP contribution in [0.5, 0.6) is 0 Å². The normalized spacial score (nSPS) is 9.18. The van der Waals surface area contributed by atoms with E-state index in [1.807, 2.05) is 0 Å². The number of esters is 1. The summed E-state index contributed by atoms with van der Waals surface area (Å²) in [5.74, 6) is -0.555.